The maximum absolute atomic E-state index is 12.3. The molecule has 4 unspecified atom stereocenters. The fraction of sp³-hybridized carbons (Fsp3) is 0.533. The second-order valence-corrected chi connectivity index (χ2v) is 6.00. The molecule has 3 N–H and O–H groups in total. The number of hydrogen-bond donors (Lipinski definition) is 2. The van der Waals surface area contributed by atoms with E-state index in [0.29, 0.717) is 17.5 Å². The smallest absolute Gasteiger partial charge is 0.406 e. The summed E-state index contributed by atoms with van der Waals surface area (Å²) in [5.41, 5.74) is 6.55. The number of ether oxygens (including phenoxy) is 1. The first-order chi connectivity index (χ1) is 10.3. The molecule has 2 aliphatic rings. The minimum Gasteiger partial charge on any atom is -0.406 e. The highest BCUT2D eigenvalue weighted by Crippen LogP contribution is 2.47. The van der Waals surface area contributed by atoms with Crippen LogP contribution in [0.2, 0.25) is 0 Å². The molecule has 128 valence electrons. The number of carbonyl (C=O) groups excluding carboxylic acids is 1. The molecule has 8 heteroatoms. The van der Waals surface area contributed by atoms with Crippen LogP contribution < -0.4 is 15.8 Å². The van der Waals surface area contributed by atoms with Crippen LogP contribution in [-0.4, -0.2) is 18.3 Å². The van der Waals surface area contributed by atoms with Gasteiger partial charge in [0.05, 0.1) is 5.92 Å². The summed E-state index contributed by atoms with van der Waals surface area (Å²) >= 11 is 0. The van der Waals surface area contributed by atoms with Crippen molar-refractivity contribution in [1.29, 1.82) is 0 Å². The Bertz CT molecular complexity index is 563. The second-order valence-electron chi connectivity index (χ2n) is 6.00. The molecule has 1 amide bonds. The van der Waals surface area contributed by atoms with Gasteiger partial charge in [-0.2, -0.15) is 0 Å². The molecular weight excluding hydrogens is 333 g/mol. The van der Waals surface area contributed by atoms with Crippen LogP contribution in [-0.2, 0) is 4.79 Å². The minimum atomic E-state index is -4.72. The number of fused-ring (bicyclic) bond motifs is 2. The van der Waals surface area contributed by atoms with Gasteiger partial charge in [0.1, 0.15) is 5.75 Å². The molecule has 0 saturated heterocycles. The van der Waals surface area contributed by atoms with Gasteiger partial charge >= 0.3 is 6.36 Å². The van der Waals surface area contributed by atoms with Gasteiger partial charge in [-0.1, -0.05) is 0 Å². The van der Waals surface area contributed by atoms with Gasteiger partial charge < -0.3 is 15.8 Å². The van der Waals surface area contributed by atoms with E-state index in [1.165, 1.54) is 24.3 Å². The van der Waals surface area contributed by atoms with E-state index in [9.17, 15) is 18.0 Å². The number of nitrogens with two attached hydrogens (primary N) is 1. The molecule has 23 heavy (non-hydrogen) atoms. The molecule has 2 bridgehead atoms. The lowest BCUT2D eigenvalue weighted by molar-refractivity contribution is -0.274. The SMILES string of the molecule is Cl.NC1C2CCC(C2)C1C(=O)Nc1ccc(OC(F)(F)F)cc1. The van der Waals surface area contributed by atoms with E-state index in [0.717, 1.165) is 19.3 Å². The standard InChI is InChI=1S/C15H17F3N2O2.ClH/c16-15(17,18)22-11-5-3-10(4-6-11)20-14(21)12-8-1-2-9(7-8)13(12)19;/h3-6,8-9,12-13H,1-2,7,19H2,(H,20,21);1H. The zero-order chi connectivity index (χ0) is 15.9. The number of halogens is 4. The Balaban J connectivity index is 0.00000192. The summed E-state index contributed by atoms with van der Waals surface area (Å²) in [6.45, 7) is 0. The molecule has 1 aromatic rings. The molecule has 4 atom stereocenters. The molecule has 2 fully saturated rings. The zero-order valence-corrected chi connectivity index (χ0v) is 13.0. The van der Waals surface area contributed by atoms with Crippen LogP contribution >= 0.6 is 12.4 Å². The van der Waals surface area contributed by atoms with Gasteiger partial charge in [-0.15, -0.1) is 25.6 Å². The Morgan fingerprint density at radius 2 is 1.78 bits per heavy atom. The molecule has 0 aliphatic heterocycles. The number of hydrogen-bond acceptors (Lipinski definition) is 3. The highest BCUT2D eigenvalue weighted by molar-refractivity contribution is 5.93. The fourth-order valence-electron chi connectivity index (χ4n) is 3.69. The van der Waals surface area contributed by atoms with Gasteiger partial charge in [0.2, 0.25) is 5.91 Å². The maximum atomic E-state index is 12.3. The van der Waals surface area contributed by atoms with Crippen LogP contribution in [0, 0.1) is 17.8 Å². The van der Waals surface area contributed by atoms with Gasteiger partial charge in [0.15, 0.2) is 0 Å². The molecule has 0 heterocycles. The lowest BCUT2D eigenvalue weighted by Gasteiger charge is -2.27. The summed E-state index contributed by atoms with van der Waals surface area (Å²) in [6.07, 6.45) is -1.62. The summed E-state index contributed by atoms with van der Waals surface area (Å²) in [5.74, 6) is 0.0762. The van der Waals surface area contributed by atoms with E-state index < -0.39 is 6.36 Å². The quantitative estimate of drug-likeness (QED) is 0.879. The van der Waals surface area contributed by atoms with E-state index in [1.807, 2.05) is 0 Å². The first kappa shape index (κ1) is 17.9. The summed E-state index contributed by atoms with van der Waals surface area (Å²) < 4.78 is 40.0. The lowest BCUT2D eigenvalue weighted by atomic mass is 9.84. The molecule has 4 nitrogen and oxygen atoms in total. The van der Waals surface area contributed by atoms with Gasteiger partial charge in [-0.25, -0.2) is 0 Å². The van der Waals surface area contributed by atoms with E-state index >= 15 is 0 Å². The van der Waals surface area contributed by atoms with Crippen molar-refractivity contribution in [3.8, 4) is 5.75 Å². The van der Waals surface area contributed by atoms with Gasteiger partial charge in [0.25, 0.3) is 0 Å². The second kappa shape index (κ2) is 6.57. The molecule has 1 aromatic carbocycles. The van der Waals surface area contributed by atoms with Crippen molar-refractivity contribution in [1.82, 2.24) is 0 Å². The van der Waals surface area contributed by atoms with Crippen molar-refractivity contribution >= 4 is 24.0 Å². The van der Waals surface area contributed by atoms with Crippen LogP contribution in [0.1, 0.15) is 19.3 Å². The molecule has 0 radical (unpaired) electrons. The predicted octanol–water partition coefficient (Wildman–Crippen LogP) is 3.32. The Morgan fingerprint density at radius 3 is 2.30 bits per heavy atom. The monoisotopic (exact) mass is 350 g/mol. The Morgan fingerprint density at radius 1 is 1.17 bits per heavy atom. The number of amides is 1. The van der Waals surface area contributed by atoms with Crippen LogP contribution in [0.3, 0.4) is 0 Å². The van der Waals surface area contributed by atoms with Crippen molar-refractivity contribution in [2.24, 2.45) is 23.5 Å². The summed E-state index contributed by atoms with van der Waals surface area (Å²) in [6, 6.07) is 5.00. The average Bonchev–Trinajstić information content (AvgIpc) is 3.00. The van der Waals surface area contributed by atoms with Gasteiger partial charge in [-0.05, 0) is 55.4 Å². The highest BCUT2D eigenvalue weighted by Gasteiger charge is 2.49. The van der Waals surface area contributed by atoms with Crippen molar-refractivity contribution in [3.63, 3.8) is 0 Å². The Kier molecular flexibility index (Phi) is 5.10. The third-order valence-corrected chi connectivity index (χ3v) is 4.64. The first-order valence-electron chi connectivity index (χ1n) is 7.26. The topological polar surface area (TPSA) is 64.4 Å². The van der Waals surface area contributed by atoms with E-state index in [4.69, 9.17) is 5.73 Å². The maximum Gasteiger partial charge on any atom is 0.573 e. The molecule has 0 spiro atoms. The molecule has 0 aromatic heterocycles. The van der Waals surface area contributed by atoms with Crippen molar-refractivity contribution in [3.05, 3.63) is 24.3 Å². The average molecular weight is 351 g/mol. The minimum absolute atomic E-state index is 0. The van der Waals surface area contributed by atoms with Crippen LogP contribution in [0.15, 0.2) is 24.3 Å². The van der Waals surface area contributed by atoms with Gasteiger partial charge in [-0.3, -0.25) is 4.79 Å². The summed E-state index contributed by atoms with van der Waals surface area (Å²) in [5, 5.41) is 2.73. The third kappa shape index (κ3) is 3.90. The van der Waals surface area contributed by atoms with Crippen molar-refractivity contribution in [2.45, 2.75) is 31.7 Å². The molecule has 3 rings (SSSR count). The van der Waals surface area contributed by atoms with Crippen LogP contribution in [0.25, 0.3) is 0 Å². The summed E-state index contributed by atoms with van der Waals surface area (Å²) in [7, 11) is 0. The Labute approximate surface area is 138 Å². The van der Waals surface area contributed by atoms with Crippen LogP contribution in [0.4, 0.5) is 18.9 Å². The first-order valence-corrected chi connectivity index (χ1v) is 7.26. The number of benzene rings is 1. The molecule has 2 saturated carbocycles. The predicted molar refractivity (Wildman–Crippen MR) is 81.3 cm³/mol. The highest BCUT2D eigenvalue weighted by atomic mass is 35.5. The fourth-order valence-corrected chi connectivity index (χ4v) is 3.69. The third-order valence-electron chi connectivity index (χ3n) is 4.64. The zero-order valence-electron chi connectivity index (χ0n) is 12.2. The van der Waals surface area contributed by atoms with E-state index in [1.54, 1.807) is 0 Å². The van der Waals surface area contributed by atoms with Crippen molar-refractivity contribution < 1.29 is 22.7 Å². The number of rotatable bonds is 3. The largest absolute Gasteiger partial charge is 0.573 e. The van der Waals surface area contributed by atoms with Crippen molar-refractivity contribution in [2.75, 3.05) is 5.32 Å². The number of anilines is 1. The normalized spacial score (nSPS) is 29.0. The van der Waals surface area contributed by atoms with Gasteiger partial charge in [0, 0.05) is 11.7 Å². The van der Waals surface area contributed by atoms with E-state index in [2.05, 4.69) is 10.1 Å². The summed E-state index contributed by atoms with van der Waals surface area (Å²) in [4.78, 5) is 12.3. The molecular formula is C15H18ClF3N2O2. The number of alkyl halides is 3. The molecule has 2 aliphatic carbocycles. The lowest BCUT2D eigenvalue weighted by Crippen LogP contribution is -2.42. The van der Waals surface area contributed by atoms with E-state index in [-0.39, 0.29) is 36.0 Å². The number of carbonyl (C=O) groups is 1. The number of nitrogens with one attached hydrogen (secondary N) is 1. The van der Waals surface area contributed by atoms with Crippen LogP contribution in [0.5, 0.6) is 5.75 Å². The Hall–Kier alpha value is -1.47.